The molecule has 23 nitrogen and oxygen atoms in total. The summed E-state index contributed by atoms with van der Waals surface area (Å²) in [5, 5.41) is 34.9. The lowest BCUT2D eigenvalue weighted by Gasteiger charge is -2.33. The molecule has 9 atom stereocenters. The van der Waals surface area contributed by atoms with E-state index in [1.54, 1.807) is 12.1 Å². The van der Waals surface area contributed by atoms with Crippen LogP contribution < -0.4 is 43.4 Å². The van der Waals surface area contributed by atoms with Gasteiger partial charge in [-0.2, -0.15) is 36.7 Å². The number of benzene rings is 1. The number of unbranched alkanes of at least 4 members (excludes halogenated alkanes) is 2. The molecule has 1 aromatic carbocycles. The molecule has 4 aliphatic rings. The predicted octanol–water partition coefficient (Wildman–Crippen LogP) is 0.456. The Hall–Kier alpha value is -7.12. The number of aliphatic hydroxyl groups excluding tert-OH is 1. The highest BCUT2D eigenvalue weighted by Crippen LogP contribution is 2.34. The number of thioether (sulfide) groups is 2. The second-order valence-electron chi connectivity index (χ2n) is 20.3. The number of nitrogens with one attached hydrogen (secondary N) is 6. The molecule has 448 valence electrons. The van der Waals surface area contributed by atoms with Crippen LogP contribution >= 0.6 is 23.5 Å². The maximum atomic E-state index is 14.5. The first-order valence-corrected chi connectivity index (χ1v) is 29.3. The van der Waals surface area contributed by atoms with Gasteiger partial charge in [0.05, 0.1) is 12.5 Å². The predicted molar refractivity (Wildman–Crippen MR) is 295 cm³/mol. The minimum absolute atomic E-state index is 0.000727. The van der Waals surface area contributed by atoms with Gasteiger partial charge in [0.2, 0.25) is 53.2 Å². The van der Waals surface area contributed by atoms with E-state index in [2.05, 4.69) is 43.7 Å². The fraction of sp³-hybridized carbons (Fsp3) is 0.574. The van der Waals surface area contributed by atoms with Gasteiger partial charge in [0, 0.05) is 60.1 Å². The van der Waals surface area contributed by atoms with Crippen LogP contribution in [0, 0.1) is 11.8 Å². The first-order chi connectivity index (χ1) is 38.9. The Bertz CT molecular complexity index is 2700. The number of aliphatic carboxylic acids is 1. The first-order valence-electron chi connectivity index (χ1n) is 27.0. The van der Waals surface area contributed by atoms with Crippen molar-refractivity contribution in [1.29, 1.82) is 0 Å². The fourth-order valence-corrected chi connectivity index (χ4v) is 11.6. The largest absolute Gasteiger partial charge is 0.481 e. The van der Waals surface area contributed by atoms with Gasteiger partial charge in [-0.1, -0.05) is 68.0 Å². The van der Waals surface area contributed by atoms with Crippen LogP contribution in [-0.4, -0.2) is 170 Å². The van der Waals surface area contributed by atoms with E-state index in [9.17, 15) is 76.1 Å². The molecule has 0 saturated carbocycles. The molecule has 3 aliphatic heterocycles. The number of nitrogens with zero attached hydrogens (tertiary/aromatic N) is 2. The number of allylic oxidation sites excluding steroid dienone is 4. The Balaban J connectivity index is 1.58. The number of fused-ring (bicyclic) bond motifs is 4. The van der Waals surface area contributed by atoms with Crippen molar-refractivity contribution < 1.29 is 76.1 Å². The molecule has 1 aromatic rings. The molecule has 0 radical (unpaired) electrons. The molecule has 28 heteroatoms. The van der Waals surface area contributed by atoms with Crippen LogP contribution in [0.15, 0.2) is 47.6 Å². The third-order valence-electron chi connectivity index (χ3n) is 13.9. The van der Waals surface area contributed by atoms with Crippen molar-refractivity contribution in [3.05, 3.63) is 58.7 Å². The average molecular weight is 1190 g/mol. The van der Waals surface area contributed by atoms with Gasteiger partial charge < -0.3 is 63.4 Å². The van der Waals surface area contributed by atoms with Crippen molar-refractivity contribution in [1.82, 2.24) is 41.7 Å². The van der Waals surface area contributed by atoms with E-state index in [0.29, 0.717) is 30.6 Å². The molecular formula is C54H71F3N10O13S2. The maximum Gasteiger partial charge on any atom is 0.413 e. The summed E-state index contributed by atoms with van der Waals surface area (Å²) in [5.74, 6) is -6.11. The van der Waals surface area contributed by atoms with Crippen LogP contribution in [0.2, 0.25) is 0 Å². The average Bonchev–Trinajstić information content (AvgIpc) is 4.29. The van der Waals surface area contributed by atoms with Crippen molar-refractivity contribution in [3.8, 4) is 11.8 Å². The molecule has 10 amide bonds. The SMILES string of the molecule is CCCCCC(=O)N[C@H]1CSCc2cccc(c2)CSC[C@@H](C(=O)N[C@@H](CC(=O)O)C(N)=O)NC(=O)C(C#CC2=C(C(F)(F)F)CCC=C2)NC(=O)[C@H](CCC(N)=O)NC(=O)[C@H]([C@@H](C)O)NC(=O)[C@@H]2CCCN2C(=O)[C@@H]2CCCN2C1=O. The Labute approximate surface area is 480 Å². The van der Waals surface area contributed by atoms with E-state index < -0.39 is 157 Å². The van der Waals surface area contributed by atoms with Crippen LogP contribution in [0.3, 0.4) is 0 Å². The number of aliphatic hydroxyl groups is 1. The normalized spacial score (nSPS) is 24.6. The zero-order valence-corrected chi connectivity index (χ0v) is 47.1. The molecule has 2 bridgehead atoms. The van der Waals surface area contributed by atoms with Gasteiger partial charge in [0.15, 0.2) is 6.04 Å². The van der Waals surface area contributed by atoms with E-state index in [-0.39, 0.29) is 61.9 Å². The summed E-state index contributed by atoms with van der Waals surface area (Å²) in [7, 11) is 0. The number of primary amides is 2. The molecule has 12 N–H and O–H groups in total. The Morgan fingerprint density at radius 1 is 0.841 bits per heavy atom. The summed E-state index contributed by atoms with van der Waals surface area (Å²) < 4.78 is 42.7. The summed E-state index contributed by atoms with van der Waals surface area (Å²) in [6, 6.07) is -5.46. The van der Waals surface area contributed by atoms with Crippen LogP contribution in [0.1, 0.15) is 108 Å². The summed E-state index contributed by atoms with van der Waals surface area (Å²) in [4.78, 5) is 152. The highest BCUT2D eigenvalue weighted by Gasteiger charge is 2.45. The number of nitrogens with two attached hydrogens (primary N) is 2. The van der Waals surface area contributed by atoms with Gasteiger partial charge in [-0.15, -0.1) is 0 Å². The van der Waals surface area contributed by atoms with Crippen molar-refractivity contribution >= 4 is 88.6 Å². The zero-order valence-electron chi connectivity index (χ0n) is 45.5. The van der Waals surface area contributed by atoms with Crippen molar-refractivity contribution in [2.75, 3.05) is 24.6 Å². The highest BCUT2D eigenvalue weighted by atomic mass is 32.2. The Morgan fingerprint density at radius 3 is 2.12 bits per heavy atom. The summed E-state index contributed by atoms with van der Waals surface area (Å²) in [6.07, 6.45) is -3.20. The fourth-order valence-electron chi connectivity index (χ4n) is 9.57. The van der Waals surface area contributed by atoms with Crippen LogP contribution in [0.4, 0.5) is 13.2 Å². The summed E-state index contributed by atoms with van der Waals surface area (Å²) in [6.45, 7) is 3.40. The minimum atomic E-state index is -4.87. The molecule has 0 spiro atoms. The lowest BCUT2D eigenvalue weighted by atomic mass is 9.97. The summed E-state index contributed by atoms with van der Waals surface area (Å²) in [5.41, 5.74) is 10.7. The number of halogens is 3. The molecule has 1 unspecified atom stereocenters. The quantitative estimate of drug-likeness (QED) is 0.0894. The molecule has 5 rings (SSSR count). The number of hydrogen-bond donors (Lipinski definition) is 10. The molecule has 2 fully saturated rings. The number of hydrogen-bond acceptors (Lipinski definition) is 14. The monoisotopic (exact) mass is 1190 g/mol. The van der Waals surface area contributed by atoms with E-state index >= 15 is 0 Å². The maximum absolute atomic E-state index is 14.5. The number of amides is 10. The molecule has 3 heterocycles. The van der Waals surface area contributed by atoms with Crippen molar-refractivity contribution in [2.24, 2.45) is 11.5 Å². The number of carbonyl (C=O) groups excluding carboxylic acids is 10. The number of rotatable bonds is 14. The van der Waals surface area contributed by atoms with Crippen LogP contribution in [-0.2, 0) is 64.2 Å². The number of alkyl halides is 3. The first kappa shape index (κ1) is 65.7. The van der Waals surface area contributed by atoms with E-state index in [0.717, 1.165) is 43.2 Å². The minimum Gasteiger partial charge on any atom is -0.481 e. The lowest BCUT2D eigenvalue weighted by Crippen LogP contribution is -2.61. The molecule has 1 aliphatic carbocycles. The number of carboxylic acids is 1. The van der Waals surface area contributed by atoms with Crippen molar-refractivity contribution in [3.63, 3.8) is 0 Å². The summed E-state index contributed by atoms with van der Waals surface area (Å²) >= 11 is 2.40. The van der Waals surface area contributed by atoms with E-state index in [1.165, 1.54) is 27.6 Å². The smallest absolute Gasteiger partial charge is 0.413 e. The molecule has 0 aromatic heterocycles. The topological polar surface area (TPSA) is 359 Å². The van der Waals surface area contributed by atoms with Crippen LogP contribution in [0.25, 0.3) is 0 Å². The van der Waals surface area contributed by atoms with Crippen LogP contribution in [0.5, 0.6) is 0 Å². The number of carboxylic acid groups (broad SMARTS) is 1. The lowest BCUT2D eigenvalue weighted by molar-refractivity contribution is -0.148. The molecular weight excluding hydrogens is 1120 g/mol. The Kier molecular flexibility index (Phi) is 25.1. The van der Waals surface area contributed by atoms with E-state index in [1.807, 2.05) is 19.1 Å². The van der Waals surface area contributed by atoms with Gasteiger partial charge in [0.25, 0.3) is 5.91 Å². The highest BCUT2D eigenvalue weighted by molar-refractivity contribution is 7.98. The van der Waals surface area contributed by atoms with Gasteiger partial charge >= 0.3 is 12.1 Å². The van der Waals surface area contributed by atoms with E-state index in [4.69, 9.17) is 11.5 Å². The van der Waals surface area contributed by atoms with Crippen molar-refractivity contribution in [2.45, 2.75) is 169 Å². The number of carbonyl (C=O) groups is 11. The zero-order chi connectivity index (χ0) is 60.3. The third-order valence-corrected chi connectivity index (χ3v) is 16.1. The second kappa shape index (κ2) is 31.4. The second-order valence-corrected chi connectivity index (χ2v) is 22.3. The third kappa shape index (κ3) is 19.5. The van der Waals surface area contributed by atoms with Gasteiger partial charge in [-0.25, -0.2) is 0 Å². The van der Waals surface area contributed by atoms with Gasteiger partial charge in [-0.3, -0.25) is 52.7 Å². The molecule has 82 heavy (non-hydrogen) atoms. The standard InChI is InChI=1S/C54H71F3N10O13S2/c1-3-4-5-17-43(70)60-39-29-82-27-32-12-8-11-31(24-32)26-81-28-38(49(76)63-37(46(59)73)25-44(71)72)64-48(75)35(19-18-33-13-6-7-14-34(33)54(55,56)57)61-47(74)36(20-21-42(58)69)62-51(78)45(30(2)68)65-50(77)40-15-9-22-66(40)53(80)41-16-10-23-67(41)52(39)79/h6,8,11-13,24,30,35-41,45,68H,3-5,7,9-10,14-17,20-23,25-29H2,1-2H3,(H2,58,69)(H2,59,73)(H,60,70)(H,61,74)(H,62,78)(H,63,76)(H,64,75)(H,65,77)(H,71,72)/t30-,35?,36+,37+,38+,39+,40+,41+,45+/m1/s1. The van der Waals surface area contributed by atoms with Gasteiger partial charge in [0.1, 0.15) is 42.3 Å². The van der Waals surface area contributed by atoms with Gasteiger partial charge in [-0.05, 0) is 69.4 Å². The Morgan fingerprint density at radius 2 is 1.50 bits per heavy atom. The molecule has 2 saturated heterocycles.